The van der Waals surface area contributed by atoms with E-state index in [0.717, 1.165) is 43.4 Å². The molecule has 0 heterocycles. The molecular weight excluding hydrogens is 406 g/mol. The van der Waals surface area contributed by atoms with E-state index in [0.29, 0.717) is 17.0 Å². The van der Waals surface area contributed by atoms with Gasteiger partial charge in [0.15, 0.2) is 0 Å². The van der Waals surface area contributed by atoms with Gasteiger partial charge in [0.2, 0.25) is 5.91 Å². The van der Waals surface area contributed by atoms with Crippen molar-refractivity contribution in [3.63, 3.8) is 0 Å². The molecule has 1 N–H and O–H groups in total. The lowest BCUT2D eigenvalue weighted by Crippen LogP contribution is -2.38. The van der Waals surface area contributed by atoms with Gasteiger partial charge in [0.05, 0.1) is 25.2 Å². The summed E-state index contributed by atoms with van der Waals surface area (Å²) in [5.41, 5.74) is 1.25. The van der Waals surface area contributed by atoms with Crippen LogP contribution in [-0.2, 0) is 14.9 Å². The van der Waals surface area contributed by atoms with Crippen molar-refractivity contribution in [3.8, 4) is 11.5 Å². The monoisotopic (exact) mass is 439 g/mol. The molecule has 2 aromatic rings. The predicted octanol–water partition coefficient (Wildman–Crippen LogP) is 5.50. The molecule has 6 heteroatoms. The molecule has 1 aliphatic carbocycles. The van der Waals surface area contributed by atoms with E-state index in [4.69, 9.17) is 14.2 Å². The minimum Gasteiger partial charge on any atom is -0.497 e. The second-order valence-electron chi connectivity index (χ2n) is 8.24. The Hall–Kier alpha value is -3.02. The third-order valence-electron chi connectivity index (χ3n) is 6.17. The number of carbonyl (C=O) groups excluding carboxylic acids is 2. The number of benzene rings is 2. The standard InChI is InChI=1S/C26H33NO5/c1-5-18(3)32-23-14-11-20(17-22(23)24(28)31-6-2)27-25(29)26(15-7-8-16-26)19-9-12-21(30-4)13-10-19/h9-14,17-18H,5-8,15-16H2,1-4H3,(H,27,29). The summed E-state index contributed by atoms with van der Waals surface area (Å²) in [7, 11) is 1.63. The summed E-state index contributed by atoms with van der Waals surface area (Å²) in [4.78, 5) is 26.1. The Balaban J connectivity index is 1.89. The zero-order valence-electron chi connectivity index (χ0n) is 19.4. The van der Waals surface area contributed by atoms with E-state index < -0.39 is 11.4 Å². The van der Waals surface area contributed by atoms with Crippen molar-refractivity contribution in [2.45, 2.75) is 64.4 Å². The molecule has 1 aliphatic rings. The molecule has 1 saturated carbocycles. The molecule has 32 heavy (non-hydrogen) atoms. The topological polar surface area (TPSA) is 73.9 Å². The van der Waals surface area contributed by atoms with E-state index in [1.54, 1.807) is 32.2 Å². The highest BCUT2D eigenvalue weighted by Gasteiger charge is 2.42. The molecular formula is C26H33NO5. The minimum atomic E-state index is -0.595. The summed E-state index contributed by atoms with van der Waals surface area (Å²) in [6, 6.07) is 12.9. The van der Waals surface area contributed by atoms with Gasteiger partial charge in [-0.2, -0.15) is 0 Å². The van der Waals surface area contributed by atoms with Gasteiger partial charge in [0, 0.05) is 5.69 Å². The summed E-state index contributed by atoms with van der Waals surface area (Å²) < 4.78 is 16.4. The number of methoxy groups -OCH3 is 1. The number of amides is 1. The summed E-state index contributed by atoms with van der Waals surface area (Å²) in [5.74, 6) is 0.693. The zero-order chi connectivity index (χ0) is 23.1. The summed E-state index contributed by atoms with van der Waals surface area (Å²) in [6.45, 7) is 5.99. The van der Waals surface area contributed by atoms with E-state index >= 15 is 0 Å². The van der Waals surface area contributed by atoms with Gasteiger partial charge < -0.3 is 19.5 Å². The highest BCUT2D eigenvalue weighted by molar-refractivity contribution is 6.01. The maximum atomic E-state index is 13.5. The van der Waals surface area contributed by atoms with Gasteiger partial charge in [0.25, 0.3) is 0 Å². The van der Waals surface area contributed by atoms with Gasteiger partial charge in [-0.1, -0.05) is 31.9 Å². The van der Waals surface area contributed by atoms with Crippen molar-refractivity contribution in [2.75, 3.05) is 19.0 Å². The van der Waals surface area contributed by atoms with Crippen LogP contribution in [0.5, 0.6) is 11.5 Å². The normalized spacial score (nSPS) is 15.6. The van der Waals surface area contributed by atoms with E-state index in [9.17, 15) is 9.59 Å². The average molecular weight is 440 g/mol. The second-order valence-corrected chi connectivity index (χ2v) is 8.24. The largest absolute Gasteiger partial charge is 0.497 e. The Morgan fingerprint density at radius 3 is 2.34 bits per heavy atom. The van der Waals surface area contributed by atoms with E-state index in [2.05, 4.69) is 5.32 Å². The Labute approximate surface area is 190 Å². The highest BCUT2D eigenvalue weighted by atomic mass is 16.5. The van der Waals surface area contributed by atoms with Crippen molar-refractivity contribution < 1.29 is 23.8 Å². The van der Waals surface area contributed by atoms with Crippen molar-refractivity contribution >= 4 is 17.6 Å². The number of ether oxygens (including phenoxy) is 3. The van der Waals surface area contributed by atoms with Crippen LogP contribution in [0.25, 0.3) is 0 Å². The van der Waals surface area contributed by atoms with E-state index in [1.165, 1.54) is 0 Å². The van der Waals surface area contributed by atoms with E-state index in [-0.39, 0.29) is 18.6 Å². The zero-order valence-corrected chi connectivity index (χ0v) is 19.4. The van der Waals surface area contributed by atoms with Crippen LogP contribution in [0, 0.1) is 0 Å². The molecule has 6 nitrogen and oxygen atoms in total. The van der Waals surface area contributed by atoms with Crippen LogP contribution >= 0.6 is 0 Å². The first-order valence-electron chi connectivity index (χ1n) is 11.4. The van der Waals surface area contributed by atoms with Gasteiger partial charge in [-0.3, -0.25) is 4.79 Å². The SMILES string of the molecule is CCOC(=O)c1cc(NC(=O)C2(c3ccc(OC)cc3)CCCC2)ccc1OC(C)CC. The highest BCUT2D eigenvalue weighted by Crippen LogP contribution is 2.42. The molecule has 0 bridgehead atoms. The first kappa shape index (κ1) is 23.6. The molecule has 3 rings (SSSR count). The lowest BCUT2D eigenvalue weighted by Gasteiger charge is -2.28. The number of carbonyl (C=O) groups is 2. The Morgan fingerprint density at radius 1 is 1.06 bits per heavy atom. The summed E-state index contributed by atoms with van der Waals surface area (Å²) >= 11 is 0. The number of hydrogen-bond donors (Lipinski definition) is 1. The van der Waals surface area contributed by atoms with Gasteiger partial charge in [-0.25, -0.2) is 4.79 Å². The Kier molecular flexibility index (Phi) is 7.78. The van der Waals surface area contributed by atoms with Crippen molar-refractivity contribution in [1.29, 1.82) is 0 Å². The van der Waals surface area contributed by atoms with Crippen molar-refractivity contribution in [3.05, 3.63) is 53.6 Å². The quantitative estimate of drug-likeness (QED) is 0.522. The summed E-state index contributed by atoms with van der Waals surface area (Å²) in [5, 5.41) is 3.05. The first-order chi connectivity index (χ1) is 15.4. The van der Waals surface area contributed by atoms with Crippen molar-refractivity contribution in [2.24, 2.45) is 0 Å². The second kappa shape index (κ2) is 10.5. The molecule has 1 fully saturated rings. The van der Waals surface area contributed by atoms with Crippen LogP contribution < -0.4 is 14.8 Å². The first-order valence-corrected chi connectivity index (χ1v) is 11.4. The fraction of sp³-hybridized carbons (Fsp3) is 0.462. The fourth-order valence-electron chi connectivity index (χ4n) is 4.17. The van der Waals surface area contributed by atoms with Gasteiger partial charge in [-0.05, 0) is 69.0 Å². The third kappa shape index (κ3) is 5.06. The molecule has 0 aromatic heterocycles. The lowest BCUT2D eigenvalue weighted by atomic mass is 9.78. The molecule has 1 unspecified atom stereocenters. The van der Waals surface area contributed by atoms with Gasteiger partial charge in [0.1, 0.15) is 17.1 Å². The molecule has 0 spiro atoms. The molecule has 1 amide bonds. The Bertz CT molecular complexity index is 932. The number of anilines is 1. The number of rotatable bonds is 9. The number of esters is 1. The smallest absolute Gasteiger partial charge is 0.341 e. The summed E-state index contributed by atoms with van der Waals surface area (Å²) in [6.07, 6.45) is 4.33. The average Bonchev–Trinajstić information content (AvgIpc) is 3.31. The predicted molar refractivity (Wildman–Crippen MR) is 125 cm³/mol. The van der Waals surface area contributed by atoms with Gasteiger partial charge in [-0.15, -0.1) is 0 Å². The molecule has 0 radical (unpaired) electrons. The molecule has 2 aromatic carbocycles. The van der Waals surface area contributed by atoms with Crippen LogP contribution in [0.4, 0.5) is 5.69 Å². The lowest BCUT2D eigenvalue weighted by molar-refractivity contribution is -0.121. The molecule has 0 saturated heterocycles. The van der Waals surface area contributed by atoms with Crippen LogP contribution in [0.2, 0.25) is 0 Å². The maximum Gasteiger partial charge on any atom is 0.341 e. The van der Waals surface area contributed by atoms with Crippen molar-refractivity contribution in [1.82, 2.24) is 0 Å². The molecule has 172 valence electrons. The van der Waals surface area contributed by atoms with E-state index in [1.807, 2.05) is 38.1 Å². The van der Waals surface area contributed by atoms with Crippen LogP contribution in [0.3, 0.4) is 0 Å². The van der Waals surface area contributed by atoms with Crippen LogP contribution in [0.15, 0.2) is 42.5 Å². The van der Waals surface area contributed by atoms with Gasteiger partial charge >= 0.3 is 5.97 Å². The minimum absolute atomic E-state index is 0.0413. The number of hydrogen-bond acceptors (Lipinski definition) is 5. The Morgan fingerprint density at radius 2 is 1.75 bits per heavy atom. The third-order valence-corrected chi connectivity index (χ3v) is 6.17. The fourth-order valence-corrected chi connectivity index (χ4v) is 4.17. The molecule has 1 atom stereocenters. The maximum absolute atomic E-state index is 13.5. The molecule has 0 aliphatic heterocycles. The van der Waals surface area contributed by atoms with Crippen LogP contribution in [0.1, 0.15) is 68.8 Å². The van der Waals surface area contributed by atoms with Crippen LogP contribution in [-0.4, -0.2) is 31.7 Å². The number of nitrogens with one attached hydrogen (secondary N) is 1.